The quantitative estimate of drug-likeness (QED) is 0.608. The Balaban J connectivity index is 1.69. The van der Waals surface area contributed by atoms with E-state index < -0.39 is 12.0 Å². The maximum Gasteiger partial charge on any atom is 0.337 e. The third-order valence-electron chi connectivity index (χ3n) is 4.35. The second kappa shape index (κ2) is 8.08. The molecule has 8 heteroatoms. The molecule has 1 aliphatic rings. The van der Waals surface area contributed by atoms with Crippen LogP contribution in [0.15, 0.2) is 42.5 Å². The third kappa shape index (κ3) is 4.13. The highest BCUT2D eigenvalue weighted by Gasteiger charge is 2.42. The van der Waals surface area contributed by atoms with E-state index in [2.05, 4.69) is 4.74 Å². The van der Waals surface area contributed by atoms with E-state index in [1.807, 2.05) is 11.4 Å². The van der Waals surface area contributed by atoms with Crippen LogP contribution in [0, 0.1) is 0 Å². The predicted octanol–water partition coefficient (Wildman–Crippen LogP) is 2.18. The highest BCUT2D eigenvalue weighted by molar-refractivity contribution is 6.42. The average molecular weight is 408 g/mol. The van der Waals surface area contributed by atoms with Gasteiger partial charge >= 0.3 is 5.97 Å². The Morgan fingerprint density at radius 1 is 1.15 bits per heavy atom. The number of halogens is 2. The van der Waals surface area contributed by atoms with Gasteiger partial charge in [0.05, 0.1) is 34.8 Å². The zero-order valence-electron chi connectivity index (χ0n) is 14.4. The van der Waals surface area contributed by atoms with Crippen molar-refractivity contribution in [3.8, 4) is 0 Å². The maximum absolute atomic E-state index is 12.7. The standard InChI is InChI=1S/C19H16Cl2N2O4/c1-27-19(26)12-3-5-13(6-4-12)23-17(24)9-16(18(23)25)22-10-11-2-7-14(20)15(21)8-11/h2-8,16,22H,9-10H2,1H3/p+1/t16-/m0/s1. The second-order valence-electron chi connectivity index (χ2n) is 6.10. The zero-order valence-corrected chi connectivity index (χ0v) is 16.0. The minimum atomic E-state index is -0.507. The number of nitrogens with zero attached hydrogens (tertiary/aromatic N) is 1. The largest absolute Gasteiger partial charge is 0.465 e. The van der Waals surface area contributed by atoms with Crippen molar-refractivity contribution in [1.29, 1.82) is 0 Å². The van der Waals surface area contributed by atoms with Gasteiger partial charge in [0.2, 0.25) is 5.91 Å². The first kappa shape index (κ1) is 19.4. The molecule has 0 spiro atoms. The molecular formula is C19H17Cl2N2O4+. The summed E-state index contributed by atoms with van der Waals surface area (Å²) < 4.78 is 4.64. The van der Waals surface area contributed by atoms with Crippen molar-refractivity contribution in [3.63, 3.8) is 0 Å². The van der Waals surface area contributed by atoms with E-state index in [1.165, 1.54) is 19.2 Å². The first-order chi connectivity index (χ1) is 12.9. The van der Waals surface area contributed by atoms with Gasteiger partial charge in [0, 0.05) is 5.56 Å². The monoisotopic (exact) mass is 407 g/mol. The number of hydrogen-bond acceptors (Lipinski definition) is 4. The molecule has 2 amide bonds. The summed E-state index contributed by atoms with van der Waals surface area (Å²) in [5, 5.41) is 2.72. The number of amides is 2. The van der Waals surface area contributed by atoms with Gasteiger partial charge < -0.3 is 10.1 Å². The summed E-state index contributed by atoms with van der Waals surface area (Å²) in [5.74, 6) is -1.04. The highest BCUT2D eigenvalue weighted by Crippen LogP contribution is 2.24. The van der Waals surface area contributed by atoms with Crippen molar-refractivity contribution < 1.29 is 24.4 Å². The molecule has 1 heterocycles. The fourth-order valence-corrected chi connectivity index (χ4v) is 3.24. The minimum Gasteiger partial charge on any atom is -0.465 e. The number of carbonyl (C=O) groups excluding carboxylic acids is 3. The molecular weight excluding hydrogens is 391 g/mol. The van der Waals surface area contributed by atoms with Gasteiger partial charge in [0.15, 0.2) is 6.04 Å². The van der Waals surface area contributed by atoms with Crippen LogP contribution in [-0.4, -0.2) is 30.9 Å². The van der Waals surface area contributed by atoms with Crippen molar-refractivity contribution in [2.45, 2.75) is 19.0 Å². The molecule has 140 valence electrons. The fourth-order valence-electron chi connectivity index (χ4n) is 2.92. The molecule has 1 saturated heterocycles. The van der Waals surface area contributed by atoms with Gasteiger partial charge in [-0.1, -0.05) is 29.3 Å². The molecule has 1 atom stereocenters. The van der Waals surface area contributed by atoms with E-state index in [9.17, 15) is 14.4 Å². The number of nitrogens with two attached hydrogens (primary N) is 1. The number of methoxy groups -OCH3 is 1. The Morgan fingerprint density at radius 2 is 1.85 bits per heavy atom. The van der Waals surface area contributed by atoms with Crippen molar-refractivity contribution in [2.75, 3.05) is 12.0 Å². The molecule has 0 aliphatic carbocycles. The van der Waals surface area contributed by atoms with Crippen molar-refractivity contribution >= 4 is 46.7 Å². The smallest absolute Gasteiger partial charge is 0.337 e. The zero-order chi connectivity index (χ0) is 19.6. The van der Waals surface area contributed by atoms with Crippen molar-refractivity contribution in [3.05, 3.63) is 63.6 Å². The van der Waals surface area contributed by atoms with Crippen LogP contribution in [0.1, 0.15) is 22.3 Å². The van der Waals surface area contributed by atoms with Gasteiger partial charge in [-0.2, -0.15) is 0 Å². The molecule has 1 aliphatic heterocycles. The van der Waals surface area contributed by atoms with E-state index in [1.54, 1.807) is 24.3 Å². The van der Waals surface area contributed by atoms with Crippen LogP contribution in [0.25, 0.3) is 0 Å². The minimum absolute atomic E-state index is 0.110. The lowest BCUT2D eigenvalue weighted by Crippen LogP contribution is -2.90. The molecule has 0 bridgehead atoms. The van der Waals surface area contributed by atoms with E-state index >= 15 is 0 Å². The number of ether oxygens (including phenoxy) is 1. The molecule has 2 aromatic rings. The normalized spacial score (nSPS) is 16.7. The van der Waals surface area contributed by atoms with Crippen LogP contribution < -0.4 is 10.2 Å². The van der Waals surface area contributed by atoms with Crippen LogP contribution in [0.5, 0.6) is 0 Å². The molecule has 27 heavy (non-hydrogen) atoms. The predicted molar refractivity (Wildman–Crippen MR) is 101 cm³/mol. The van der Waals surface area contributed by atoms with Crippen LogP contribution in [0.4, 0.5) is 5.69 Å². The highest BCUT2D eigenvalue weighted by atomic mass is 35.5. The van der Waals surface area contributed by atoms with Gasteiger partial charge in [0.25, 0.3) is 5.91 Å². The van der Waals surface area contributed by atoms with Crippen LogP contribution in [-0.2, 0) is 20.9 Å². The Labute approximate surface area is 166 Å². The number of imide groups is 1. The summed E-state index contributed by atoms with van der Waals surface area (Å²) in [6, 6.07) is 10.9. The average Bonchev–Trinajstić information content (AvgIpc) is 2.95. The lowest BCUT2D eigenvalue weighted by atomic mass is 10.2. The molecule has 0 saturated carbocycles. The number of quaternary nitrogens is 1. The molecule has 2 aromatic carbocycles. The molecule has 0 unspecified atom stereocenters. The number of esters is 1. The third-order valence-corrected chi connectivity index (χ3v) is 5.09. The maximum atomic E-state index is 12.7. The molecule has 0 aromatic heterocycles. The van der Waals surface area contributed by atoms with Gasteiger partial charge in [-0.05, 0) is 36.4 Å². The van der Waals surface area contributed by atoms with Crippen LogP contribution >= 0.6 is 23.2 Å². The van der Waals surface area contributed by atoms with Gasteiger partial charge in [0.1, 0.15) is 6.54 Å². The number of rotatable bonds is 5. The summed E-state index contributed by atoms with van der Waals surface area (Å²) in [6.45, 7) is 0.496. The SMILES string of the molecule is COC(=O)c1ccc(N2C(=O)C[C@H]([NH2+]Cc3ccc(Cl)c(Cl)c3)C2=O)cc1. The van der Waals surface area contributed by atoms with Gasteiger partial charge in [-0.3, -0.25) is 9.59 Å². The van der Waals surface area contributed by atoms with Crippen LogP contribution in [0.2, 0.25) is 10.0 Å². The molecule has 0 radical (unpaired) electrons. The molecule has 6 nitrogen and oxygen atoms in total. The van der Waals surface area contributed by atoms with Gasteiger partial charge in [-0.15, -0.1) is 0 Å². The number of anilines is 1. The van der Waals surface area contributed by atoms with E-state index in [0.29, 0.717) is 27.8 Å². The Morgan fingerprint density at radius 3 is 2.48 bits per heavy atom. The Kier molecular flexibility index (Phi) is 5.79. The number of carbonyl (C=O) groups is 3. The Hall–Kier alpha value is -2.41. The topological polar surface area (TPSA) is 80.3 Å². The summed E-state index contributed by atoms with van der Waals surface area (Å²) in [6.07, 6.45) is 0.110. The van der Waals surface area contributed by atoms with E-state index in [4.69, 9.17) is 23.2 Å². The first-order valence-corrected chi connectivity index (χ1v) is 8.98. The molecule has 2 N–H and O–H groups in total. The van der Waals surface area contributed by atoms with Crippen molar-refractivity contribution in [2.24, 2.45) is 0 Å². The summed E-state index contributed by atoms with van der Waals surface area (Å²) in [4.78, 5) is 37.7. The Bertz CT molecular complexity index is 899. The summed E-state index contributed by atoms with van der Waals surface area (Å²) >= 11 is 11.9. The summed E-state index contributed by atoms with van der Waals surface area (Å²) in [7, 11) is 1.29. The lowest BCUT2D eigenvalue weighted by Gasteiger charge is -2.14. The molecule has 3 rings (SSSR count). The first-order valence-electron chi connectivity index (χ1n) is 8.23. The van der Waals surface area contributed by atoms with Crippen molar-refractivity contribution in [1.82, 2.24) is 0 Å². The number of benzene rings is 2. The van der Waals surface area contributed by atoms with Gasteiger partial charge in [-0.25, -0.2) is 9.69 Å². The summed E-state index contributed by atoms with van der Waals surface area (Å²) in [5.41, 5.74) is 1.69. The van der Waals surface area contributed by atoms with Crippen LogP contribution in [0.3, 0.4) is 0 Å². The second-order valence-corrected chi connectivity index (χ2v) is 6.92. The van der Waals surface area contributed by atoms with E-state index in [0.717, 1.165) is 10.5 Å². The van der Waals surface area contributed by atoms with E-state index in [-0.39, 0.29) is 18.2 Å². The number of hydrogen-bond donors (Lipinski definition) is 1. The lowest BCUT2D eigenvalue weighted by molar-refractivity contribution is -0.690. The molecule has 1 fully saturated rings. The fraction of sp³-hybridized carbons (Fsp3) is 0.211.